The Hall–Kier alpha value is -0.130. The van der Waals surface area contributed by atoms with Crippen LogP contribution in [0.25, 0.3) is 0 Å². The number of hydrogen-bond donors (Lipinski definition) is 2. The van der Waals surface area contributed by atoms with Crippen LogP contribution in [-0.4, -0.2) is 29.4 Å². The number of rotatable bonds is 16. The minimum absolute atomic E-state index is 0.120. The van der Waals surface area contributed by atoms with Gasteiger partial charge in [-0.1, -0.05) is 78.1 Å². The third kappa shape index (κ3) is 14.0. The van der Waals surface area contributed by atoms with Crippen LogP contribution in [-0.2, 0) is 10.1 Å². The SMILES string of the molecule is CCCCC(O)CCCCCCCCCC(CCC)S(=O)(=O)O. The maximum absolute atomic E-state index is 11.2. The number of aliphatic hydroxyl groups is 1. The fourth-order valence-corrected chi connectivity index (χ4v) is 3.98. The van der Waals surface area contributed by atoms with Gasteiger partial charge in [0.05, 0.1) is 11.4 Å². The Balaban J connectivity index is 3.49. The molecule has 0 bridgehead atoms. The molecule has 0 saturated carbocycles. The highest BCUT2D eigenvalue weighted by atomic mass is 32.2. The molecule has 0 aromatic rings. The number of unbranched alkanes of at least 4 members (excludes halogenated alkanes) is 7. The average molecular weight is 351 g/mol. The lowest BCUT2D eigenvalue weighted by Gasteiger charge is -2.12. The van der Waals surface area contributed by atoms with Crippen LogP contribution in [0.1, 0.15) is 104 Å². The zero-order valence-electron chi connectivity index (χ0n) is 15.2. The Morgan fingerprint density at radius 1 is 0.696 bits per heavy atom. The zero-order valence-corrected chi connectivity index (χ0v) is 16.0. The van der Waals surface area contributed by atoms with Gasteiger partial charge >= 0.3 is 0 Å². The van der Waals surface area contributed by atoms with Crippen LogP contribution in [0.5, 0.6) is 0 Å². The second-order valence-corrected chi connectivity index (χ2v) is 8.47. The highest BCUT2D eigenvalue weighted by molar-refractivity contribution is 7.86. The first-order valence-electron chi connectivity index (χ1n) is 9.56. The Labute approximate surface area is 143 Å². The second-order valence-electron chi connectivity index (χ2n) is 6.77. The first-order valence-corrected chi connectivity index (χ1v) is 11.1. The molecular weight excluding hydrogens is 312 g/mol. The number of aliphatic hydroxyl groups excluding tert-OH is 1. The van der Waals surface area contributed by atoms with E-state index >= 15 is 0 Å². The lowest BCUT2D eigenvalue weighted by atomic mass is 10.0. The van der Waals surface area contributed by atoms with Crippen LogP contribution < -0.4 is 0 Å². The Morgan fingerprint density at radius 3 is 1.65 bits per heavy atom. The number of hydrogen-bond acceptors (Lipinski definition) is 3. The van der Waals surface area contributed by atoms with Crippen molar-refractivity contribution in [2.45, 2.75) is 115 Å². The summed E-state index contributed by atoms with van der Waals surface area (Å²) in [5.74, 6) is 0. The van der Waals surface area contributed by atoms with E-state index in [1.165, 1.54) is 19.3 Å². The van der Waals surface area contributed by atoms with E-state index in [1.807, 2.05) is 6.92 Å². The average Bonchev–Trinajstić information content (AvgIpc) is 2.49. The molecule has 0 spiro atoms. The first kappa shape index (κ1) is 22.9. The van der Waals surface area contributed by atoms with E-state index in [-0.39, 0.29) is 6.10 Å². The first-order chi connectivity index (χ1) is 10.9. The summed E-state index contributed by atoms with van der Waals surface area (Å²) in [5, 5.41) is 9.17. The molecule has 2 unspecified atom stereocenters. The maximum Gasteiger partial charge on any atom is 0.267 e. The van der Waals surface area contributed by atoms with Gasteiger partial charge in [0.25, 0.3) is 10.1 Å². The van der Waals surface area contributed by atoms with Crippen molar-refractivity contribution in [1.82, 2.24) is 0 Å². The Morgan fingerprint density at radius 2 is 1.17 bits per heavy atom. The van der Waals surface area contributed by atoms with E-state index < -0.39 is 15.4 Å². The van der Waals surface area contributed by atoms with Gasteiger partial charge in [-0.2, -0.15) is 8.42 Å². The summed E-state index contributed by atoms with van der Waals surface area (Å²) >= 11 is 0. The molecule has 0 fully saturated rings. The predicted octanol–water partition coefficient (Wildman–Crippen LogP) is 5.10. The smallest absolute Gasteiger partial charge is 0.267 e. The lowest BCUT2D eigenvalue weighted by Crippen LogP contribution is -2.20. The summed E-state index contributed by atoms with van der Waals surface area (Å²) in [5.41, 5.74) is 0. The quantitative estimate of drug-likeness (QED) is 0.300. The molecule has 0 heterocycles. The van der Waals surface area contributed by atoms with Crippen molar-refractivity contribution >= 4 is 10.1 Å². The topological polar surface area (TPSA) is 74.6 Å². The zero-order chi connectivity index (χ0) is 17.6. The molecule has 0 aliphatic carbocycles. The van der Waals surface area contributed by atoms with Gasteiger partial charge in [-0.05, 0) is 25.7 Å². The molecule has 4 nitrogen and oxygen atoms in total. The van der Waals surface area contributed by atoms with E-state index in [4.69, 9.17) is 4.55 Å². The van der Waals surface area contributed by atoms with Crippen molar-refractivity contribution in [3.8, 4) is 0 Å². The highest BCUT2D eigenvalue weighted by Crippen LogP contribution is 2.17. The molecule has 0 rings (SSSR count). The molecule has 5 heteroatoms. The molecule has 23 heavy (non-hydrogen) atoms. The summed E-state index contributed by atoms with van der Waals surface area (Å²) < 4.78 is 31.6. The van der Waals surface area contributed by atoms with Gasteiger partial charge in [0.15, 0.2) is 0 Å². The van der Waals surface area contributed by atoms with E-state index in [0.717, 1.165) is 57.8 Å². The molecular formula is C18H38O4S. The largest absolute Gasteiger partial charge is 0.393 e. The van der Waals surface area contributed by atoms with Crippen molar-refractivity contribution in [1.29, 1.82) is 0 Å². The molecule has 140 valence electrons. The molecule has 2 atom stereocenters. The Kier molecular flexibility index (Phi) is 14.2. The van der Waals surface area contributed by atoms with Crippen molar-refractivity contribution in [2.24, 2.45) is 0 Å². The van der Waals surface area contributed by atoms with Gasteiger partial charge < -0.3 is 5.11 Å². The van der Waals surface area contributed by atoms with Gasteiger partial charge in [0.2, 0.25) is 0 Å². The molecule has 0 saturated heterocycles. The molecule has 0 aromatic carbocycles. The molecule has 0 amide bonds. The van der Waals surface area contributed by atoms with Crippen molar-refractivity contribution in [3.63, 3.8) is 0 Å². The lowest BCUT2D eigenvalue weighted by molar-refractivity contribution is 0.148. The van der Waals surface area contributed by atoms with Gasteiger partial charge in [-0.15, -0.1) is 0 Å². The van der Waals surface area contributed by atoms with Crippen molar-refractivity contribution < 1.29 is 18.1 Å². The van der Waals surface area contributed by atoms with Crippen LogP contribution in [0, 0.1) is 0 Å². The van der Waals surface area contributed by atoms with E-state index in [0.29, 0.717) is 12.8 Å². The fourth-order valence-electron chi connectivity index (χ4n) is 2.98. The molecule has 0 aromatic heterocycles. The summed E-state index contributed by atoms with van der Waals surface area (Å²) in [4.78, 5) is 0. The van der Waals surface area contributed by atoms with Crippen LogP contribution in [0.2, 0.25) is 0 Å². The van der Waals surface area contributed by atoms with Gasteiger partial charge in [0, 0.05) is 0 Å². The second kappa shape index (κ2) is 14.2. The van der Waals surface area contributed by atoms with Gasteiger partial charge in [0.1, 0.15) is 0 Å². The van der Waals surface area contributed by atoms with Crippen molar-refractivity contribution in [3.05, 3.63) is 0 Å². The van der Waals surface area contributed by atoms with Crippen LogP contribution >= 0.6 is 0 Å². The summed E-state index contributed by atoms with van der Waals surface area (Å²) in [6.45, 7) is 4.09. The molecule has 0 aliphatic heterocycles. The van der Waals surface area contributed by atoms with Gasteiger partial charge in [-0.25, -0.2) is 0 Å². The summed E-state index contributed by atoms with van der Waals surface area (Å²) in [6.07, 6.45) is 13.6. The van der Waals surface area contributed by atoms with Crippen LogP contribution in [0.15, 0.2) is 0 Å². The minimum Gasteiger partial charge on any atom is -0.393 e. The minimum atomic E-state index is -3.87. The maximum atomic E-state index is 11.2. The Bertz CT molecular complexity index is 354. The normalized spacial score (nSPS) is 14.8. The van der Waals surface area contributed by atoms with Crippen molar-refractivity contribution in [2.75, 3.05) is 0 Å². The standard InChI is InChI=1S/C18H38O4S/c1-3-5-14-17(19)15-11-9-7-6-8-10-12-16-18(13-4-2)23(20,21)22/h17-19H,3-16H2,1-2H3,(H,20,21,22). The van der Waals surface area contributed by atoms with Crippen LogP contribution in [0.4, 0.5) is 0 Å². The molecule has 2 N–H and O–H groups in total. The van der Waals surface area contributed by atoms with E-state index in [9.17, 15) is 13.5 Å². The monoisotopic (exact) mass is 350 g/mol. The predicted molar refractivity (Wildman–Crippen MR) is 97.3 cm³/mol. The van der Waals surface area contributed by atoms with Gasteiger partial charge in [-0.3, -0.25) is 4.55 Å². The molecule has 0 aliphatic rings. The summed E-state index contributed by atoms with van der Waals surface area (Å²) in [7, 11) is -3.87. The van der Waals surface area contributed by atoms with E-state index in [2.05, 4.69) is 6.92 Å². The summed E-state index contributed by atoms with van der Waals surface area (Å²) in [6, 6.07) is 0. The third-order valence-electron chi connectivity index (χ3n) is 4.49. The third-order valence-corrected chi connectivity index (χ3v) is 5.80. The fraction of sp³-hybridized carbons (Fsp3) is 1.00. The van der Waals surface area contributed by atoms with Crippen LogP contribution in [0.3, 0.4) is 0 Å². The molecule has 0 radical (unpaired) electrons. The highest BCUT2D eigenvalue weighted by Gasteiger charge is 2.20. The van der Waals surface area contributed by atoms with E-state index in [1.54, 1.807) is 0 Å².